The molecular weight excluding hydrogens is 480 g/mol. The van der Waals surface area contributed by atoms with Gasteiger partial charge in [-0.3, -0.25) is 24.7 Å². The predicted molar refractivity (Wildman–Crippen MR) is 146 cm³/mol. The van der Waals surface area contributed by atoms with Crippen LogP contribution in [-0.4, -0.2) is 71.1 Å². The van der Waals surface area contributed by atoms with Crippen molar-refractivity contribution in [3.8, 4) is 0 Å². The minimum Gasteiger partial charge on any atom is -0.387 e. The van der Waals surface area contributed by atoms with Crippen LogP contribution < -0.4 is 16.8 Å². The molecule has 4 unspecified atom stereocenters. The minimum atomic E-state index is -0.185. The summed E-state index contributed by atoms with van der Waals surface area (Å²) in [5.41, 5.74) is 11.5. The highest BCUT2D eigenvalue weighted by molar-refractivity contribution is 5.83. The lowest BCUT2D eigenvalue weighted by molar-refractivity contribution is -0.135. The average molecular weight is 529 g/mol. The zero-order valence-electron chi connectivity index (χ0n) is 22.9. The van der Waals surface area contributed by atoms with Crippen LogP contribution in [0.4, 0.5) is 0 Å². The number of hydrogen-bond donors (Lipinski definition) is 4. The molecule has 9 heteroatoms. The SMILES string of the molecule is N=C(N)C1CCC2CC(C(=O)NC3CCC(C(=O)N4CCCC4)CC3)N(CC3CCC(C(N)=O)CC3)C2C1. The maximum absolute atomic E-state index is 13.7. The number of nitrogens with two attached hydrogens (primary N) is 2. The third kappa shape index (κ3) is 6.02. The van der Waals surface area contributed by atoms with Gasteiger partial charge in [0, 0.05) is 49.5 Å². The number of carbonyl (C=O) groups excluding carboxylic acids is 3. The molecule has 212 valence electrons. The zero-order chi connectivity index (χ0) is 26.8. The smallest absolute Gasteiger partial charge is 0.237 e. The fourth-order valence-electron chi connectivity index (χ4n) is 8.25. The van der Waals surface area contributed by atoms with Gasteiger partial charge in [0.25, 0.3) is 0 Å². The lowest BCUT2D eigenvalue weighted by atomic mass is 9.77. The van der Waals surface area contributed by atoms with Crippen LogP contribution in [0.5, 0.6) is 0 Å². The van der Waals surface area contributed by atoms with Gasteiger partial charge < -0.3 is 21.7 Å². The Balaban J connectivity index is 1.20. The van der Waals surface area contributed by atoms with Crippen LogP contribution in [0.2, 0.25) is 0 Å². The summed E-state index contributed by atoms with van der Waals surface area (Å²) in [6.07, 6.45) is 13.1. The summed E-state index contributed by atoms with van der Waals surface area (Å²) < 4.78 is 0. The van der Waals surface area contributed by atoms with Crippen molar-refractivity contribution >= 4 is 23.6 Å². The van der Waals surface area contributed by atoms with Crippen molar-refractivity contribution < 1.29 is 14.4 Å². The molecule has 6 N–H and O–H groups in total. The first-order valence-corrected chi connectivity index (χ1v) is 15.3. The summed E-state index contributed by atoms with van der Waals surface area (Å²) in [6.45, 7) is 2.68. The lowest BCUT2D eigenvalue weighted by Gasteiger charge is -2.40. The van der Waals surface area contributed by atoms with Crippen LogP contribution >= 0.6 is 0 Å². The minimum absolute atomic E-state index is 0.0130. The van der Waals surface area contributed by atoms with Crippen molar-refractivity contribution in [3.63, 3.8) is 0 Å². The van der Waals surface area contributed by atoms with Crippen molar-refractivity contribution in [3.05, 3.63) is 0 Å². The highest BCUT2D eigenvalue weighted by atomic mass is 16.2. The quantitative estimate of drug-likeness (QED) is 0.296. The number of primary amides is 1. The topological polar surface area (TPSA) is 146 Å². The van der Waals surface area contributed by atoms with Gasteiger partial charge in [0.05, 0.1) is 11.9 Å². The second-order valence-corrected chi connectivity index (χ2v) is 13.0. The molecule has 3 aliphatic carbocycles. The van der Waals surface area contributed by atoms with E-state index in [-0.39, 0.29) is 53.5 Å². The molecule has 0 aromatic carbocycles. The molecule has 0 aromatic rings. The molecule has 0 spiro atoms. The number of carbonyl (C=O) groups is 3. The first kappa shape index (κ1) is 27.4. The molecule has 4 atom stereocenters. The maximum atomic E-state index is 13.7. The highest BCUT2D eigenvalue weighted by Crippen LogP contribution is 2.43. The summed E-state index contributed by atoms with van der Waals surface area (Å²) >= 11 is 0. The first-order valence-electron chi connectivity index (χ1n) is 15.3. The molecule has 2 aliphatic heterocycles. The number of nitrogens with zero attached hydrogens (tertiary/aromatic N) is 2. The first-order chi connectivity index (χ1) is 18.3. The largest absolute Gasteiger partial charge is 0.387 e. The van der Waals surface area contributed by atoms with Gasteiger partial charge in [-0.2, -0.15) is 0 Å². The van der Waals surface area contributed by atoms with E-state index >= 15 is 0 Å². The van der Waals surface area contributed by atoms with E-state index in [0.717, 1.165) is 110 Å². The Morgan fingerprint density at radius 2 is 1.42 bits per heavy atom. The number of rotatable bonds is 7. The molecule has 5 aliphatic rings. The number of fused-ring (bicyclic) bond motifs is 1. The van der Waals surface area contributed by atoms with Gasteiger partial charge in [-0.15, -0.1) is 0 Å². The molecule has 0 bridgehead atoms. The van der Waals surface area contributed by atoms with Gasteiger partial charge in [-0.05, 0) is 102 Å². The Morgan fingerprint density at radius 3 is 2.05 bits per heavy atom. The van der Waals surface area contributed by atoms with E-state index < -0.39 is 0 Å². The van der Waals surface area contributed by atoms with Crippen molar-refractivity contribution in [1.82, 2.24) is 15.1 Å². The van der Waals surface area contributed by atoms with Gasteiger partial charge in [0.2, 0.25) is 17.7 Å². The molecule has 2 saturated heterocycles. The third-order valence-corrected chi connectivity index (χ3v) is 10.6. The van der Waals surface area contributed by atoms with Crippen molar-refractivity contribution in [2.24, 2.45) is 41.1 Å². The second-order valence-electron chi connectivity index (χ2n) is 13.0. The van der Waals surface area contributed by atoms with Gasteiger partial charge in [0.1, 0.15) is 0 Å². The Hall–Kier alpha value is -2.16. The number of nitrogens with one attached hydrogen (secondary N) is 2. The van der Waals surface area contributed by atoms with Crippen LogP contribution in [-0.2, 0) is 14.4 Å². The molecular formula is C29H48N6O3. The number of amides is 3. The van der Waals surface area contributed by atoms with E-state index in [1.54, 1.807) is 0 Å². The maximum Gasteiger partial charge on any atom is 0.237 e. The molecule has 2 heterocycles. The Labute approximate surface area is 227 Å². The second kappa shape index (κ2) is 11.9. The Kier molecular flexibility index (Phi) is 8.60. The van der Waals surface area contributed by atoms with Gasteiger partial charge in [-0.25, -0.2) is 0 Å². The number of hydrogen-bond acceptors (Lipinski definition) is 5. The normalized spacial score (nSPS) is 37.9. The van der Waals surface area contributed by atoms with Gasteiger partial charge in [0.15, 0.2) is 0 Å². The summed E-state index contributed by atoms with van der Waals surface area (Å²) in [7, 11) is 0. The molecule has 5 fully saturated rings. The molecule has 3 amide bonds. The predicted octanol–water partition coefficient (Wildman–Crippen LogP) is 2.37. The monoisotopic (exact) mass is 528 g/mol. The fourth-order valence-corrected chi connectivity index (χ4v) is 8.25. The highest BCUT2D eigenvalue weighted by Gasteiger charge is 2.48. The molecule has 0 radical (unpaired) electrons. The molecule has 3 saturated carbocycles. The van der Waals surface area contributed by atoms with Crippen LogP contribution in [0.3, 0.4) is 0 Å². The summed E-state index contributed by atoms with van der Waals surface area (Å²) in [5.74, 6) is 1.69. The van der Waals surface area contributed by atoms with Crippen LogP contribution in [0.15, 0.2) is 0 Å². The summed E-state index contributed by atoms with van der Waals surface area (Å²) in [6, 6.07) is 0.287. The molecule has 5 rings (SSSR count). The lowest BCUT2D eigenvalue weighted by Crippen LogP contribution is -2.52. The van der Waals surface area contributed by atoms with E-state index in [0.29, 0.717) is 17.7 Å². The number of likely N-dealkylation sites (tertiary alicyclic amines) is 2. The van der Waals surface area contributed by atoms with E-state index in [2.05, 4.69) is 10.2 Å². The Morgan fingerprint density at radius 1 is 0.789 bits per heavy atom. The van der Waals surface area contributed by atoms with E-state index in [9.17, 15) is 14.4 Å². The van der Waals surface area contributed by atoms with Crippen LogP contribution in [0, 0.1) is 35.0 Å². The van der Waals surface area contributed by atoms with E-state index in [1.807, 2.05) is 4.90 Å². The van der Waals surface area contributed by atoms with E-state index in [4.69, 9.17) is 16.9 Å². The van der Waals surface area contributed by atoms with Gasteiger partial charge >= 0.3 is 0 Å². The van der Waals surface area contributed by atoms with Crippen LogP contribution in [0.25, 0.3) is 0 Å². The number of amidine groups is 1. The zero-order valence-corrected chi connectivity index (χ0v) is 22.9. The van der Waals surface area contributed by atoms with Gasteiger partial charge in [-0.1, -0.05) is 0 Å². The fraction of sp³-hybridized carbons (Fsp3) is 0.862. The van der Waals surface area contributed by atoms with Crippen molar-refractivity contribution in [2.75, 3.05) is 19.6 Å². The standard InChI is InChI=1S/C29H48N6O3/c30-26(31)22-8-7-21-15-25(35(24(21)16-22)17-18-3-5-19(6-4-18)27(32)36)28(37)33-23-11-9-20(10-12-23)29(38)34-13-1-2-14-34/h18-25H,1-17H2,(H3,30,31)(H2,32,36)(H,33,37). The van der Waals surface area contributed by atoms with Crippen molar-refractivity contribution in [2.45, 2.75) is 108 Å². The Bertz CT molecular complexity index is 889. The third-order valence-electron chi connectivity index (χ3n) is 10.6. The molecule has 0 aromatic heterocycles. The summed E-state index contributed by atoms with van der Waals surface area (Å²) in [4.78, 5) is 42.7. The summed E-state index contributed by atoms with van der Waals surface area (Å²) in [5, 5.41) is 11.4. The average Bonchev–Trinajstić information content (AvgIpc) is 3.57. The van der Waals surface area contributed by atoms with E-state index in [1.165, 1.54) is 0 Å². The molecule has 9 nitrogen and oxygen atoms in total. The van der Waals surface area contributed by atoms with Crippen LogP contribution in [0.1, 0.15) is 89.9 Å². The van der Waals surface area contributed by atoms with Crippen molar-refractivity contribution in [1.29, 1.82) is 5.41 Å². The molecule has 38 heavy (non-hydrogen) atoms.